The van der Waals surface area contributed by atoms with Crippen LogP contribution in [-0.4, -0.2) is 24.2 Å². The lowest BCUT2D eigenvalue weighted by Crippen LogP contribution is -2.23. The van der Waals surface area contributed by atoms with E-state index in [0.717, 1.165) is 17.1 Å². The molecule has 7 heteroatoms. The molecule has 25 heavy (non-hydrogen) atoms. The summed E-state index contributed by atoms with van der Waals surface area (Å²) in [5.74, 6) is 1.19. The quantitative estimate of drug-likeness (QED) is 0.496. The predicted octanol–water partition coefficient (Wildman–Crippen LogP) is 2.70. The minimum atomic E-state index is -0.469. The zero-order valence-corrected chi connectivity index (χ0v) is 13.3. The Balaban J connectivity index is 1.49. The second-order valence-corrected chi connectivity index (χ2v) is 5.41. The number of nitro groups is 1. The van der Waals surface area contributed by atoms with Crippen molar-refractivity contribution in [2.45, 2.75) is 6.42 Å². The number of amides is 1. The average molecular weight is 340 g/mol. The van der Waals surface area contributed by atoms with Gasteiger partial charge in [0.05, 0.1) is 4.92 Å². The van der Waals surface area contributed by atoms with Gasteiger partial charge in [0.15, 0.2) is 11.5 Å². The van der Waals surface area contributed by atoms with E-state index in [2.05, 4.69) is 5.32 Å². The topological polar surface area (TPSA) is 90.7 Å². The first-order chi connectivity index (χ1) is 12.1. The lowest BCUT2D eigenvalue weighted by Gasteiger charge is -2.04. The van der Waals surface area contributed by atoms with Gasteiger partial charge in [0.25, 0.3) is 5.69 Å². The molecule has 1 aliphatic heterocycles. The molecule has 2 aromatic carbocycles. The van der Waals surface area contributed by atoms with E-state index in [1.807, 2.05) is 18.2 Å². The molecular weight excluding hydrogens is 324 g/mol. The first kappa shape index (κ1) is 16.5. The molecule has 1 aliphatic rings. The van der Waals surface area contributed by atoms with Crippen LogP contribution >= 0.6 is 0 Å². The molecule has 0 unspecified atom stereocenters. The van der Waals surface area contributed by atoms with Crippen molar-refractivity contribution < 1.29 is 19.2 Å². The van der Waals surface area contributed by atoms with Crippen LogP contribution in [0.25, 0.3) is 6.08 Å². The molecule has 2 aromatic rings. The number of fused-ring (bicyclic) bond motifs is 1. The molecule has 0 bridgehead atoms. The minimum Gasteiger partial charge on any atom is -0.454 e. The third-order valence-electron chi connectivity index (χ3n) is 3.66. The summed E-state index contributed by atoms with van der Waals surface area (Å²) < 4.78 is 10.6. The van der Waals surface area contributed by atoms with Crippen molar-refractivity contribution in [3.63, 3.8) is 0 Å². The van der Waals surface area contributed by atoms with Gasteiger partial charge in [0, 0.05) is 24.8 Å². The lowest BCUT2D eigenvalue weighted by molar-refractivity contribution is -0.384. The number of benzene rings is 2. The highest BCUT2D eigenvalue weighted by atomic mass is 16.7. The number of non-ortho nitro benzene ring substituents is 1. The molecular formula is C18H16N2O5. The molecule has 0 atom stereocenters. The van der Waals surface area contributed by atoms with Crippen molar-refractivity contribution in [3.8, 4) is 11.5 Å². The van der Waals surface area contributed by atoms with Crippen LogP contribution in [-0.2, 0) is 11.2 Å². The first-order valence-corrected chi connectivity index (χ1v) is 7.71. The summed E-state index contributed by atoms with van der Waals surface area (Å²) in [5.41, 5.74) is 1.62. The Kier molecular flexibility index (Phi) is 4.94. The first-order valence-electron chi connectivity index (χ1n) is 7.71. The van der Waals surface area contributed by atoms with Gasteiger partial charge in [0.1, 0.15) is 0 Å². The summed E-state index contributed by atoms with van der Waals surface area (Å²) in [6, 6.07) is 11.8. The van der Waals surface area contributed by atoms with E-state index in [-0.39, 0.29) is 18.4 Å². The number of carbonyl (C=O) groups is 1. The molecule has 0 saturated heterocycles. The number of rotatable bonds is 6. The van der Waals surface area contributed by atoms with Crippen molar-refractivity contribution >= 4 is 17.7 Å². The van der Waals surface area contributed by atoms with Crippen LogP contribution in [0.3, 0.4) is 0 Å². The van der Waals surface area contributed by atoms with Crippen molar-refractivity contribution in [2.75, 3.05) is 13.3 Å². The van der Waals surface area contributed by atoms with Gasteiger partial charge in [-0.1, -0.05) is 18.2 Å². The SMILES string of the molecule is O=C(/C=C/c1cccc([N+](=O)[O-])c1)NCCc1ccc2c(c1)OCO2. The zero-order chi connectivity index (χ0) is 17.6. The van der Waals surface area contributed by atoms with Crippen LogP contribution in [0, 0.1) is 10.1 Å². The third-order valence-corrected chi connectivity index (χ3v) is 3.66. The van der Waals surface area contributed by atoms with Gasteiger partial charge >= 0.3 is 0 Å². The number of nitrogens with one attached hydrogen (secondary N) is 1. The smallest absolute Gasteiger partial charge is 0.270 e. The maximum atomic E-state index is 11.8. The van der Waals surface area contributed by atoms with Gasteiger partial charge in [-0.2, -0.15) is 0 Å². The largest absolute Gasteiger partial charge is 0.454 e. The minimum absolute atomic E-state index is 0.00892. The van der Waals surface area contributed by atoms with E-state index in [9.17, 15) is 14.9 Å². The van der Waals surface area contributed by atoms with E-state index in [1.54, 1.807) is 18.2 Å². The van der Waals surface area contributed by atoms with Crippen LogP contribution < -0.4 is 14.8 Å². The molecule has 128 valence electrons. The highest BCUT2D eigenvalue weighted by Crippen LogP contribution is 2.32. The van der Waals surface area contributed by atoms with E-state index in [4.69, 9.17) is 9.47 Å². The van der Waals surface area contributed by atoms with Crippen LogP contribution in [0.2, 0.25) is 0 Å². The van der Waals surface area contributed by atoms with E-state index >= 15 is 0 Å². The van der Waals surface area contributed by atoms with E-state index in [1.165, 1.54) is 18.2 Å². The van der Waals surface area contributed by atoms with Gasteiger partial charge in [-0.3, -0.25) is 14.9 Å². The van der Waals surface area contributed by atoms with Crippen LogP contribution in [0.5, 0.6) is 11.5 Å². The fourth-order valence-corrected chi connectivity index (χ4v) is 2.40. The molecule has 7 nitrogen and oxygen atoms in total. The third kappa shape index (κ3) is 4.35. The second-order valence-electron chi connectivity index (χ2n) is 5.41. The van der Waals surface area contributed by atoms with Crippen LogP contribution in [0.4, 0.5) is 5.69 Å². The Hall–Kier alpha value is -3.35. The summed E-state index contributed by atoms with van der Waals surface area (Å²) in [6.45, 7) is 0.704. The Bertz CT molecular complexity index is 832. The van der Waals surface area contributed by atoms with E-state index in [0.29, 0.717) is 18.5 Å². The highest BCUT2D eigenvalue weighted by molar-refractivity contribution is 5.91. The Morgan fingerprint density at radius 3 is 2.88 bits per heavy atom. The van der Waals surface area contributed by atoms with Gasteiger partial charge in [0.2, 0.25) is 12.7 Å². The number of nitrogens with zero attached hydrogens (tertiary/aromatic N) is 1. The van der Waals surface area contributed by atoms with Crippen molar-refractivity contribution in [1.29, 1.82) is 0 Å². The molecule has 1 N–H and O–H groups in total. The fourth-order valence-electron chi connectivity index (χ4n) is 2.40. The number of carbonyl (C=O) groups excluding carboxylic acids is 1. The van der Waals surface area contributed by atoms with Gasteiger partial charge in [-0.05, 0) is 35.8 Å². The van der Waals surface area contributed by atoms with Gasteiger partial charge in [-0.15, -0.1) is 0 Å². The Morgan fingerprint density at radius 2 is 2.04 bits per heavy atom. The zero-order valence-electron chi connectivity index (χ0n) is 13.3. The molecule has 0 aliphatic carbocycles. The van der Waals surface area contributed by atoms with E-state index < -0.39 is 4.92 Å². The molecule has 0 fully saturated rings. The normalized spacial score (nSPS) is 12.3. The summed E-state index contributed by atoms with van der Waals surface area (Å²) >= 11 is 0. The van der Waals surface area contributed by atoms with Crippen molar-refractivity contribution in [2.24, 2.45) is 0 Å². The molecule has 3 rings (SSSR count). The van der Waals surface area contributed by atoms with Crippen LogP contribution in [0.15, 0.2) is 48.5 Å². The molecule has 0 spiro atoms. The number of ether oxygens (including phenoxy) is 2. The Morgan fingerprint density at radius 1 is 1.20 bits per heavy atom. The average Bonchev–Trinajstić information content (AvgIpc) is 3.08. The summed E-state index contributed by atoms with van der Waals surface area (Å²) in [5, 5.41) is 13.5. The molecule has 1 heterocycles. The van der Waals surface area contributed by atoms with Gasteiger partial charge in [-0.25, -0.2) is 0 Å². The Labute approximate surface area is 144 Å². The maximum Gasteiger partial charge on any atom is 0.270 e. The number of hydrogen-bond acceptors (Lipinski definition) is 5. The molecule has 0 aromatic heterocycles. The van der Waals surface area contributed by atoms with Crippen LogP contribution in [0.1, 0.15) is 11.1 Å². The monoisotopic (exact) mass is 340 g/mol. The standard InChI is InChI=1S/C18H16N2O5/c21-18(7-5-13-2-1-3-15(10-13)20(22)23)19-9-8-14-4-6-16-17(11-14)25-12-24-16/h1-7,10-11H,8-9,12H2,(H,19,21)/b7-5+. The van der Waals surface area contributed by atoms with Crippen molar-refractivity contribution in [3.05, 3.63) is 69.8 Å². The molecule has 0 radical (unpaired) electrons. The fraction of sp³-hybridized carbons (Fsp3) is 0.167. The maximum absolute atomic E-state index is 11.8. The second kappa shape index (κ2) is 7.48. The summed E-state index contributed by atoms with van der Waals surface area (Å²) in [7, 11) is 0. The number of nitro benzene ring substituents is 1. The highest BCUT2D eigenvalue weighted by Gasteiger charge is 2.12. The van der Waals surface area contributed by atoms with Gasteiger partial charge < -0.3 is 14.8 Å². The van der Waals surface area contributed by atoms with Crippen molar-refractivity contribution in [1.82, 2.24) is 5.32 Å². The predicted molar refractivity (Wildman–Crippen MR) is 91.4 cm³/mol. The summed E-state index contributed by atoms with van der Waals surface area (Å²) in [6.07, 6.45) is 3.56. The lowest BCUT2D eigenvalue weighted by atomic mass is 10.1. The molecule has 0 saturated carbocycles. The summed E-state index contributed by atoms with van der Waals surface area (Å²) in [4.78, 5) is 22.1. The molecule has 1 amide bonds. The number of hydrogen-bond donors (Lipinski definition) is 1.